The number of nitrogens with one attached hydrogen (secondary N) is 1. The molecule has 0 bridgehead atoms. The third kappa shape index (κ3) is 3.70. The van der Waals surface area contributed by atoms with E-state index in [0.717, 1.165) is 10.5 Å². The van der Waals surface area contributed by atoms with Gasteiger partial charge in [0.15, 0.2) is 0 Å². The molecular formula is C16H16BrN3O4. The van der Waals surface area contributed by atoms with Crippen LogP contribution in [0.4, 0.5) is 22.7 Å². The summed E-state index contributed by atoms with van der Waals surface area (Å²) in [4.78, 5) is 21.4. The van der Waals surface area contributed by atoms with Crippen molar-refractivity contribution in [3.05, 3.63) is 66.7 Å². The largest absolute Gasteiger partial charge is 0.349 e. The third-order valence-electron chi connectivity index (χ3n) is 3.45. The number of nitrogens with zero attached hydrogens (tertiary/aromatic N) is 2. The predicted octanol–water partition coefficient (Wildman–Crippen LogP) is 5.31. The molecule has 0 atom stereocenters. The summed E-state index contributed by atoms with van der Waals surface area (Å²) in [5.41, 5.74) is 0.235. The van der Waals surface area contributed by atoms with Gasteiger partial charge >= 0.3 is 0 Å². The maximum atomic E-state index is 11.5. The van der Waals surface area contributed by atoms with Crippen molar-refractivity contribution in [1.82, 2.24) is 0 Å². The molecule has 1 N–H and O–H groups in total. The standard InChI is InChI=1S/C16H16BrN3O4/c1-16(2,3)11-8-10(19(21)22)9-14(20(23)24)15(11)18-13-7-5-4-6-12(13)17/h4-9,18H,1-3H3. The number of para-hydroxylation sites is 1. The average Bonchev–Trinajstić information content (AvgIpc) is 2.48. The number of hydrogen-bond acceptors (Lipinski definition) is 5. The Hall–Kier alpha value is -2.48. The van der Waals surface area contributed by atoms with Crippen LogP contribution in [0.2, 0.25) is 0 Å². The molecule has 0 heterocycles. The van der Waals surface area contributed by atoms with Crippen molar-refractivity contribution in [2.24, 2.45) is 0 Å². The van der Waals surface area contributed by atoms with Gasteiger partial charge in [-0.2, -0.15) is 0 Å². The van der Waals surface area contributed by atoms with Crippen molar-refractivity contribution in [1.29, 1.82) is 0 Å². The number of halogens is 1. The lowest BCUT2D eigenvalue weighted by molar-refractivity contribution is -0.393. The molecule has 24 heavy (non-hydrogen) atoms. The zero-order valence-electron chi connectivity index (χ0n) is 13.4. The molecule has 0 radical (unpaired) electrons. The average molecular weight is 394 g/mol. The van der Waals surface area contributed by atoms with E-state index >= 15 is 0 Å². The highest BCUT2D eigenvalue weighted by atomic mass is 79.9. The van der Waals surface area contributed by atoms with Crippen molar-refractivity contribution in [3.63, 3.8) is 0 Å². The molecule has 2 rings (SSSR count). The summed E-state index contributed by atoms with van der Waals surface area (Å²) >= 11 is 3.39. The van der Waals surface area contributed by atoms with E-state index in [4.69, 9.17) is 0 Å². The Labute approximate surface area is 147 Å². The summed E-state index contributed by atoms with van der Waals surface area (Å²) in [6, 6.07) is 9.55. The molecule has 0 aliphatic rings. The normalized spacial score (nSPS) is 11.2. The van der Waals surface area contributed by atoms with E-state index < -0.39 is 15.3 Å². The third-order valence-corrected chi connectivity index (χ3v) is 4.14. The zero-order chi connectivity index (χ0) is 18.1. The number of benzene rings is 2. The van der Waals surface area contributed by atoms with Crippen LogP contribution in [-0.2, 0) is 5.41 Å². The van der Waals surface area contributed by atoms with Crippen molar-refractivity contribution in [2.45, 2.75) is 26.2 Å². The maximum Gasteiger partial charge on any atom is 0.299 e. The lowest BCUT2D eigenvalue weighted by Crippen LogP contribution is -2.15. The number of anilines is 2. The topological polar surface area (TPSA) is 98.3 Å². The van der Waals surface area contributed by atoms with Crippen LogP contribution in [0, 0.1) is 20.2 Å². The van der Waals surface area contributed by atoms with Crippen LogP contribution < -0.4 is 5.32 Å². The van der Waals surface area contributed by atoms with Gasteiger partial charge in [0.2, 0.25) is 0 Å². The Morgan fingerprint density at radius 2 is 1.67 bits per heavy atom. The first-order valence-electron chi connectivity index (χ1n) is 7.10. The molecule has 0 unspecified atom stereocenters. The van der Waals surface area contributed by atoms with E-state index in [0.29, 0.717) is 11.3 Å². The molecule has 0 fully saturated rings. The predicted molar refractivity (Wildman–Crippen MR) is 95.9 cm³/mol. The zero-order valence-corrected chi connectivity index (χ0v) is 15.0. The van der Waals surface area contributed by atoms with Gasteiger partial charge in [-0.15, -0.1) is 0 Å². The molecular weight excluding hydrogens is 378 g/mol. The Balaban J connectivity index is 2.74. The maximum absolute atomic E-state index is 11.5. The van der Waals surface area contributed by atoms with E-state index in [-0.39, 0.29) is 17.1 Å². The van der Waals surface area contributed by atoms with Crippen LogP contribution in [-0.4, -0.2) is 9.85 Å². The van der Waals surface area contributed by atoms with Gasteiger partial charge < -0.3 is 5.32 Å². The van der Waals surface area contributed by atoms with Crippen LogP contribution in [0.5, 0.6) is 0 Å². The molecule has 0 spiro atoms. The summed E-state index contributed by atoms with van der Waals surface area (Å²) < 4.78 is 0.734. The van der Waals surface area contributed by atoms with Gasteiger partial charge in [-0.3, -0.25) is 20.2 Å². The van der Waals surface area contributed by atoms with Gasteiger partial charge in [-0.05, 0) is 39.0 Å². The highest BCUT2D eigenvalue weighted by Gasteiger charge is 2.30. The van der Waals surface area contributed by atoms with Crippen molar-refractivity contribution < 1.29 is 9.85 Å². The minimum Gasteiger partial charge on any atom is -0.349 e. The minimum absolute atomic E-state index is 0.255. The summed E-state index contributed by atoms with van der Waals surface area (Å²) in [5, 5.41) is 25.7. The van der Waals surface area contributed by atoms with Crippen molar-refractivity contribution >= 4 is 38.7 Å². The minimum atomic E-state index is -0.621. The SMILES string of the molecule is CC(C)(C)c1cc([N+](=O)[O-])cc([N+](=O)[O-])c1Nc1ccccc1Br. The lowest BCUT2D eigenvalue weighted by atomic mass is 9.84. The number of rotatable bonds is 4. The highest BCUT2D eigenvalue weighted by molar-refractivity contribution is 9.10. The first-order chi connectivity index (χ1) is 11.1. The number of hydrogen-bond donors (Lipinski definition) is 1. The van der Waals surface area contributed by atoms with Crippen molar-refractivity contribution in [3.8, 4) is 0 Å². The summed E-state index contributed by atoms with van der Waals surface area (Å²) in [5.74, 6) is 0. The van der Waals surface area contributed by atoms with Crippen LogP contribution in [0.25, 0.3) is 0 Å². The van der Waals surface area contributed by atoms with Crippen LogP contribution in [0.1, 0.15) is 26.3 Å². The number of nitro groups is 2. The Bertz CT molecular complexity index is 815. The van der Waals surface area contributed by atoms with E-state index in [9.17, 15) is 20.2 Å². The van der Waals surface area contributed by atoms with Crippen LogP contribution >= 0.6 is 15.9 Å². The smallest absolute Gasteiger partial charge is 0.299 e. The second kappa shape index (κ2) is 6.56. The molecule has 2 aromatic rings. The fourth-order valence-corrected chi connectivity index (χ4v) is 2.67. The fourth-order valence-electron chi connectivity index (χ4n) is 2.28. The van der Waals surface area contributed by atoms with Gasteiger partial charge in [0.1, 0.15) is 5.69 Å². The molecule has 0 aromatic heterocycles. The van der Waals surface area contributed by atoms with E-state index in [1.54, 1.807) is 18.2 Å². The molecule has 0 aliphatic heterocycles. The van der Waals surface area contributed by atoms with E-state index in [1.807, 2.05) is 26.8 Å². The monoisotopic (exact) mass is 393 g/mol. The highest BCUT2D eigenvalue weighted by Crippen LogP contribution is 2.42. The number of nitro benzene ring substituents is 2. The lowest BCUT2D eigenvalue weighted by Gasteiger charge is -2.23. The first kappa shape index (κ1) is 17.9. The molecule has 0 saturated heterocycles. The van der Waals surface area contributed by atoms with Crippen LogP contribution in [0.15, 0.2) is 40.9 Å². The molecule has 0 saturated carbocycles. The molecule has 2 aromatic carbocycles. The first-order valence-corrected chi connectivity index (χ1v) is 7.89. The van der Waals surface area contributed by atoms with E-state index in [2.05, 4.69) is 21.2 Å². The van der Waals surface area contributed by atoms with Crippen LogP contribution in [0.3, 0.4) is 0 Å². The summed E-state index contributed by atoms with van der Waals surface area (Å²) in [7, 11) is 0. The summed E-state index contributed by atoms with van der Waals surface area (Å²) in [6.07, 6.45) is 0. The second-order valence-corrected chi connectivity index (χ2v) is 7.11. The molecule has 0 amide bonds. The quantitative estimate of drug-likeness (QED) is 0.560. The van der Waals surface area contributed by atoms with Gasteiger partial charge in [-0.25, -0.2) is 0 Å². The Kier molecular flexibility index (Phi) is 4.88. The molecule has 8 heteroatoms. The van der Waals surface area contributed by atoms with Gasteiger partial charge in [0.25, 0.3) is 11.4 Å². The number of non-ortho nitro benzene ring substituents is 1. The van der Waals surface area contributed by atoms with Crippen molar-refractivity contribution in [2.75, 3.05) is 5.32 Å². The molecule has 7 nitrogen and oxygen atoms in total. The van der Waals surface area contributed by atoms with Gasteiger partial charge in [0.05, 0.1) is 21.6 Å². The van der Waals surface area contributed by atoms with Gasteiger partial charge in [-0.1, -0.05) is 32.9 Å². The summed E-state index contributed by atoms with van der Waals surface area (Å²) in [6.45, 7) is 5.54. The van der Waals surface area contributed by atoms with Gasteiger partial charge in [0, 0.05) is 10.5 Å². The Morgan fingerprint density at radius 3 is 2.17 bits per heavy atom. The Morgan fingerprint density at radius 1 is 1.04 bits per heavy atom. The van der Waals surface area contributed by atoms with E-state index in [1.165, 1.54) is 6.07 Å². The molecule has 126 valence electrons. The fraction of sp³-hybridized carbons (Fsp3) is 0.250. The second-order valence-electron chi connectivity index (χ2n) is 6.26. The molecule has 0 aliphatic carbocycles.